The van der Waals surface area contributed by atoms with Crippen molar-refractivity contribution in [2.75, 3.05) is 6.54 Å². The number of benzene rings is 1. The van der Waals surface area contributed by atoms with Crippen molar-refractivity contribution in [2.45, 2.75) is 13.5 Å². The van der Waals surface area contributed by atoms with E-state index in [9.17, 15) is 9.50 Å². The van der Waals surface area contributed by atoms with E-state index in [-0.39, 0.29) is 5.75 Å². The van der Waals surface area contributed by atoms with Crippen molar-refractivity contribution in [3.8, 4) is 39.4 Å². The lowest BCUT2D eigenvalue weighted by molar-refractivity contribution is 0.469. The monoisotopic (exact) mass is 479 g/mol. The zero-order valence-electron chi connectivity index (χ0n) is 19.4. The normalized spacial score (nSPS) is 11.5. The van der Waals surface area contributed by atoms with Crippen LogP contribution in [0.5, 0.6) is 5.75 Å². The van der Waals surface area contributed by atoms with Crippen LogP contribution in [0.3, 0.4) is 0 Å². The molecule has 0 bridgehead atoms. The molecule has 6 aromatic rings. The maximum atomic E-state index is 14.0. The van der Waals surface area contributed by atoms with Crippen LogP contribution in [0.4, 0.5) is 4.39 Å². The van der Waals surface area contributed by atoms with Gasteiger partial charge < -0.3 is 15.4 Å². The Hall–Kier alpha value is -4.63. The van der Waals surface area contributed by atoms with Crippen LogP contribution >= 0.6 is 0 Å². The average Bonchev–Trinajstić information content (AvgIpc) is 3.50. The van der Waals surface area contributed by atoms with E-state index in [2.05, 4.69) is 48.4 Å². The van der Waals surface area contributed by atoms with Gasteiger partial charge in [0.1, 0.15) is 17.3 Å². The SMILES string of the molecule is CCNCc1cncc(-c2cnc3[nH]nc(-c4cc5c(-c6cc(O)cc(F)c6)cncc5[nH]4)c3c2)c1. The van der Waals surface area contributed by atoms with Crippen LogP contribution in [0.1, 0.15) is 12.5 Å². The van der Waals surface area contributed by atoms with Crippen molar-refractivity contribution in [1.29, 1.82) is 0 Å². The maximum absolute atomic E-state index is 14.0. The number of halogens is 1. The van der Waals surface area contributed by atoms with E-state index in [1.165, 1.54) is 12.1 Å². The van der Waals surface area contributed by atoms with E-state index in [0.717, 1.165) is 57.8 Å². The largest absolute Gasteiger partial charge is 0.508 e. The molecule has 5 aromatic heterocycles. The van der Waals surface area contributed by atoms with Crippen LogP contribution in [-0.4, -0.2) is 41.8 Å². The van der Waals surface area contributed by atoms with Crippen molar-refractivity contribution in [3.05, 3.63) is 78.8 Å². The Morgan fingerprint density at radius 1 is 0.889 bits per heavy atom. The highest BCUT2D eigenvalue weighted by Gasteiger charge is 2.16. The van der Waals surface area contributed by atoms with Gasteiger partial charge in [-0.1, -0.05) is 6.92 Å². The third kappa shape index (κ3) is 3.95. The Bertz CT molecular complexity index is 1700. The van der Waals surface area contributed by atoms with Crippen LogP contribution in [0.15, 0.2) is 67.4 Å². The fourth-order valence-corrected chi connectivity index (χ4v) is 4.42. The third-order valence-corrected chi connectivity index (χ3v) is 6.12. The van der Waals surface area contributed by atoms with Crippen LogP contribution in [0.2, 0.25) is 0 Å². The molecule has 8 nitrogen and oxygen atoms in total. The van der Waals surface area contributed by atoms with Gasteiger partial charge in [0.2, 0.25) is 0 Å². The van der Waals surface area contributed by atoms with Crippen molar-refractivity contribution in [3.63, 3.8) is 0 Å². The highest BCUT2D eigenvalue weighted by atomic mass is 19.1. The molecule has 1 aromatic carbocycles. The molecule has 36 heavy (non-hydrogen) atoms. The molecule has 6 rings (SSSR count). The Labute approximate surface area is 205 Å². The van der Waals surface area contributed by atoms with Crippen LogP contribution < -0.4 is 5.32 Å². The van der Waals surface area contributed by atoms with Gasteiger partial charge in [-0.15, -0.1) is 0 Å². The summed E-state index contributed by atoms with van der Waals surface area (Å²) in [5.41, 5.74) is 7.16. The summed E-state index contributed by atoms with van der Waals surface area (Å²) in [7, 11) is 0. The lowest BCUT2D eigenvalue weighted by atomic mass is 10.0. The number of hydrogen-bond donors (Lipinski definition) is 4. The molecule has 0 aliphatic heterocycles. The number of nitrogens with one attached hydrogen (secondary N) is 3. The second kappa shape index (κ2) is 8.86. The van der Waals surface area contributed by atoms with Gasteiger partial charge in [0.05, 0.1) is 17.4 Å². The fraction of sp³-hybridized carbons (Fsp3) is 0.111. The number of aromatic amines is 2. The first-order valence-electron chi connectivity index (χ1n) is 11.5. The van der Waals surface area contributed by atoms with Gasteiger partial charge in [-0.25, -0.2) is 9.37 Å². The Balaban J connectivity index is 1.44. The number of phenols is 1. The molecule has 0 unspecified atom stereocenters. The molecule has 0 saturated carbocycles. The van der Waals surface area contributed by atoms with E-state index in [4.69, 9.17) is 0 Å². The van der Waals surface area contributed by atoms with Gasteiger partial charge in [0.15, 0.2) is 5.65 Å². The number of aromatic nitrogens is 6. The highest BCUT2D eigenvalue weighted by Crippen LogP contribution is 2.35. The molecule has 0 saturated heterocycles. The fourth-order valence-electron chi connectivity index (χ4n) is 4.42. The minimum absolute atomic E-state index is 0.140. The van der Waals surface area contributed by atoms with Crippen molar-refractivity contribution >= 4 is 21.9 Å². The summed E-state index contributed by atoms with van der Waals surface area (Å²) in [6, 6.07) is 10.1. The Morgan fingerprint density at radius 3 is 2.61 bits per heavy atom. The minimum Gasteiger partial charge on any atom is -0.508 e. The molecular formula is C27H22FN7O. The summed E-state index contributed by atoms with van der Waals surface area (Å²) in [5.74, 6) is -0.655. The van der Waals surface area contributed by atoms with Crippen molar-refractivity contribution < 1.29 is 9.50 Å². The lowest BCUT2D eigenvalue weighted by Gasteiger charge is -2.06. The molecule has 0 spiro atoms. The van der Waals surface area contributed by atoms with Gasteiger partial charge in [0.25, 0.3) is 0 Å². The number of pyridine rings is 3. The molecule has 0 amide bonds. The summed E-state index contributed by atoms with van der Waals surface area (Å²) >= 11 is 0. The van der Waals surface area contributed by atoms with E-state index in [1.54, 1.807) is 12.4 Å². The zero-order valence-corrected chi connectivity index (χ0v) is 19.4. The second-order valence-electron chi connectivity index (χ2n) is 8.58. The molecule has 0 aliphatic rings. The van der Waals surface area contributed by atoms with Gasteiger partial charge >= 0.3 is 0 Å². The number of fused-ring (bicyclic) bond motifs is 2. The summed E-state index contributed by atoms with van der Waals surface area (Å²) in [5, 5.41) is 22.4. The standard InChI is InChI=1S/C27H22FN7O/c1-2-29-9-15-3-17(11-30-10-15)18-6-22-26(34-35-27(22)32-12-18)24-8-21-23(13-31-14-25(21)33-24)16-4-19(28)7-20(36)5-16/h3-8,10-14,29,33,36H,2,9H2,1H3,(H,32,34,35). The van der Waals surface area contributed by atoms with Gasteiger partial charge in [-0.2, -0.15) is 5.10 Å². The molecule has 178 valence electrons. The molecule has 4 N–H and O–H groups in total. The molecule has 0 radical (unpaired) electrons. The smallest absolute Gasteiger partial charge is 0.155 e. The van der Waals surface area contributed by atoms with Gasteiger partial charge in [-0.3, -0.25) is 15.1 Å². The lowest BCUT2D eigenvalue weighted by Crippen LogP contribution is -2.11. The first-order chi connectivity index (χ1) is 17.6. The average molecular weight is 480 g/mol. The topological polar surface area (TPSA) is 115 Å². The molecule has 0 fully saturated rings. The number of phenolic OH excluding ortho intramolecular Hbond substituents is 1. The van der Waals surface area contributed by atoms with Gasteiger partial charge in [0, 0.05) is 64.9 Å². The molecule has 0 atom stereocenters. The number of aromatic hydroxyl groups is 1. The summed E-state index contributed by atoms with van der Waals surface area (Å²) in [6.45, 7) is 3.71. The molecular weight excluding hydrogens is 457 g/mol. The molecule has 0 aliphatic carbocycles. The minimum atomic E-state index is -0.515. The van der Waals surface area contributed by atoms with E-state index in [0.29, 0.717) is 22.5 Å². The number of nitrogens with zero attached hydrogens (tertiary/aromatic N) is 4. The van der Waals surface area contributed by atoms with Crippen molar-refractivity contribution in [1.82, 2.24) is 35.5 Å². The molecule has 5 heterocycles. The number of rotatable bonds is 6. The molecule has 9 heteroatoms. The van der Waals surface area contributed by atoms with Crippen LogP contribution in [0.25, 0.3) is 55.6 Å². The van der Waals surface area contributed by atoms with Gasteiger partial charge in [-0.05, 0) is 48.0 Å². The predicted molar refractivity (Wildman–Crippen MR) is 137 cm³/mol. The third-order valence-electron chi connectivity index (χ3n) is 6.12. The first-order valence-corrected chi connectivity index (χ1v) is 11.5. The Kier molecular flexibility index (Phi) is 5.38. The van der Waals surface area contributed by atoms with E-state index < -0.39 is 5.82 Å². The summed E-state index contributed by atoms with van der Waals surface area (Å²) in [4.78, 5) is 16.6. The first kappa shape index (κ1) is 21.9. The van der Waals surface area contributed by atoms with Crippen LogP contribution in [-0.2, 0) is 6.54 Å². The van der Waals surface area contributed by atoms with Crippen LogP contribution in [0, 0.1) is 5.82 Å². The predicted octanol–water partition coefficient (Wildman–Crippen LogP) is 5.18. The maximum Gasteiger partial charge on any atom is 0.155 e. The highest BCUT2D eigenvalue weighted by molar-refractivity contribution is 6.00. The quantitative estimate of drug-likeness (QED) is 0.262. The van der Waals surface area contributed by atoms with E-state index >= 15 is 0 Å². The van der Waals surface area contributed by atoms with E-state index in [1.807, 2.05) is 30.7 Å². The zero-order chi connectivity index (χ0) is 24.6. The summed E-state index contributed by atoms with van der Waals surface area (Å²) < 4.78 is 14.0. The number of hydrogen-bond acceptors (Lipinski definition) is 6. The van der Waals surface area contributed by atoms with Crippen molar-refractivity contribution in [2.24, 2.45) is 0 Å². The Morgan fingerprint density at radius 2 is 1.75 bits per heavy atom. The second-order valence-corrected chi connectivity index (χ2v) is 8.58. The number of H-pyrrole nitrogens is 2. The summed E-state index contributed by atoms with van der Waals surface area (Å²) in [6.07, 6.45) is 8.86.